The van der Waals surface area contributed by atoms with Crippen LogP contribution in [-0.2, 0) is 30.3 Å². The lowest BCUT2D eigenvalue weighted by Gasteiger charge is -2.41. The van der Waals surface area contributed by atoms with Gasteiger partial charge < -0.3 is 28.6 Å². The zero-order chi connectivity index (χ0) is 33.9. The van der Waals surface area contributed by atoms with Gasteiger partial charge in [0.1, 0.15) is 11.6 Å². The molecule has 5 heterocycles. The molecule has 0 spiro atoms. The van der Waals surface area contributed by atoms with Gasteiger partial charge in [-0.3, -0.25) is 0 Å². The number of aryl methyl sites for hydroxylation is 2. The smallest absolute Gasteiger partial charge is 0.340 e. The Morgan fingerprint density at radius 2 is 1.87 bits per heavy atom. The van der Waals surface area contributed by atoms with E-state index < -0.39 is 17.7 Å². The highest BCUT2D eigenvalue weighted by molar-refractivity contribution is 5.80. The molecule has 0 amide bonds. The van der Waals surface area contributed by atoms with Crippen molar-refractivity contribution in [1.29, 1.82) is 0 Å². The number of rotatable bonds is 4. The molecule has 258 valence electrons. The fourth-order valence-electron chi connectivity index (χ4n) is 6.48. The Bertz CT molecular complexity index is 1540. The van der Waals surface area contributed by atoms with E-state index in [1.54, 1.807) is 0 Å². The molecule has 6 rings (SSSR count). The molecule has 0 radical (unpaired) electrons. The van der Waals surface area contributed by atoms with Crippen LogP contribution >= 0.6 is 0 Å². The summed E-state index contributed by atoms with van der Waals surface area (Å²) in [4.78, 5) is 20.8. The van der Waals surface area contributed by atoms with Crippen LogP contribution in [0.15, 0.2) is 24.3 Å². The quantitative estimate of drug-likeness (QED) is 0.268. The molecule has 0 saturated carbocycles. The van der Waals surface area contributed by atoms with Crippen LogP contribution in [0, 0.1) is 13.8 Å². The number of esters is 1. The van der Waals surface area contributed by atoms with Gasteiger partial charge in [0.25, 0.3) is 0 Å². The van der Waals surface area contributed by atoms with E-state index in [1.165, 1.54) is 0 Å². The highest BCUT2D eigenvalue weighted by Crippen LogP contribution is 2.39. The van der Waals surface area contributed by atoms with E-state index in [1.807, 2.05) is 52.1 Å². The van der Waals surface area contributed by atoms with E-state index in [-0.39, 0.29) is 31.0 Å². The first-order valence-corrected chi connectivity index (χ1v) is 17.3. The van der Waals surface area contributed by atoms with Gasteiger partial charge in [-0.05, 0) is 106 Å². The largest absolute Gasteiger partial charge is 0.490 e. The molecule has 2 aromatic heterocycles. The van der Waals surface area contributed by atoms with Gasteiger partial charge in [0.15, 0.2) is 11.8 Å². The second-order valence-corrected chi connectivity index (χ2v) is 14.4. The third-order valence-electron chi connectivity index (χ3n) is 9.08. The predicted molar refractivity (Wildman–Crippen MR) is 182 cm³/mol. The van der Waals surface area contributed by atoms with E-state index >= 15 is 0 Å². The monoisotopic (exact) mass is 650 g/mol. The molecule has 47 heavy (non-hydrogen) atoms. The average molecular weight is 651 g/mol. The Balaban J connectivity index is 1.59. The van der Waals surface area contributed by atoms with Gasteiger partial charge in [-0.25, -0.2) is 9.78 Å². The molecule has 3 aliphatic rings. The summed E-state index contributed by atoms with van der Waals surface area (Å²) in [6.07, 6.45) is 3.51. The molecule has 3 atom stereocenters. The summed E-state index contributed by atoms with van der Waals surface area (Å²) in [5.74, 6) is 1.22. The Morgan fingerprint density at radius 3 is 2.57 bits per heavy atom. The van der Waals surface area contributed by atoms with Crippen molar-refractivity contribution in [2.75, 3.05) is 31.2 Å². The second kappa shape index (κ2) is 14.5. The van der Waals surface area contributed by atoms with E-state index in [0.717, 1.165) is 73.6 Å². The van der Waals surface area contributed by atoms with Crippen molar-refractivity contribution in [1.82, 2.24) is 14.6 Å². The van der Waals surface area contributed by atoms with Crippen LogP contribution in [0.5, 0.6) is 5.75 Å². The van der Waals surface area contributed by atoms with Crippen LogP contribution < -0.4 is 9.64 Å². The Hall–Kier alpha value is -3.21. The van der Waals surface area contributed by atoms with Gasteiger partial charge in [-0.2, -0.15) is 9.61 Å². The van der Waals surface area contributed by atoms with Crippen LogP contribution in [0.25, 0.3) is 5.65 Å². The van der Waals surface area contributed by atoms with E-state index in [4.69, 9.17) is 33.8 Å². The van der Waals surface area contributed by atoms with Crippen molar-refractivity contribution in [3.8, 4) is 5.75 Å². The molecule has 1 aromatic carbocycles. The second-order valence-electron chi connectivity index (χ2n) is 14.4. The number of benzene rings is 1. The van der Waals surface area contributed by atoms with Crippen molar-refractivity contribution in [2.45, 2.75) is 131 Å². The summed E-state index contributed by atoms with van der Waals surface area (Å²) >= 11 is 0. The summed E-state index contributed by atoms with van der Waals surface area (Å²) in [5.41, 5.74) is 4.12. The van der Waals surface area contributed by atoms with E-state index in [9.17, 15) is 4.79 Å². The fraction of sp³-hybridized carbons (Fsp3) is 0.649. The van der Waals surface area contributed by atoms with Gasteiger partial charge >= 0.3 is 5.97 Å². The topological polar surface area (TPSA) is 96.7 Å². The van der Waals surface area contributed by atoms with Gasteiger partial charge in [0, 0.05) is 37.0 Å². The van der Waals surface area contributed by atoms with E-state index in [2.05, 4.69) is 43.9 Å². The zero-order valence-electron chi connectivity index (χ0n) is 29.9. The lowest BCUT2D eigenvalue weighted by molar-refractivity contribution is -0.166. The molecule has 4 bridgehead atoms. The van der Waals surface area contributed by atoms with Crippen molar-refractivity contribution in [2.24, 2.45) is 0 Å². The van der Waals surface area contributed by atoms with Crippen LogP contribution in [0.4, 0.5) is 5.82 Å². The first-order chi connectivity index (χ1) is 22.3. The third kappa shape index (κ3) is 8.45. The minimum atomic E-state index is -0.969. The summed E-state index contributed by atoms with van der Waals surface area (Å²) in [6, 6.07) is 8.25. The number of ether oxygens (including phenoxy) is 5. The highest BCUT2D eigenvalue weighted by atomic mass is 16.6. The number of aromatic nitrogens is 3. The number of piperidine rings is 1. The molecule has 3 aromatic rings. The standard InChI is InChI=1S/C37H54N4O6/c1-10-43-35(42)33(47-36(6,7)8)32-26(4)38-31-22-28-23-44-27(5)29-15-14-24(2)21-30(29)46-25(3)13-11-12-20-45-37(9)16-18-40(19-17-37)34(32)41(31)39-28/h14-15,21-22,25,27,33H,10-13,16-20,23H2,1-9H3. The Kier molecular flexibility index (Phi) is 10.8. The Morgan fingerprint density at radius 1 is 1.13 bits per heavy atom. The lowest BCUT2D eigenvalue weighted by atomic mass is 9.92. The van der Waals surface area contributed by atoms with Crippen LogP contribution in [0.3, 0.4) is 0 Å². The maximum atomic E-state index is 13.5. The maximum Gasteiger partial charge on any atom is 0.340 e. The molecule has 3 unspecified atom stereocenters. The van der Waals surface area contributed by atoms with Crippen molar-refractivity contribution < 1.29 is 28.5 Å². The number of fused-ring (bicyclic) bond motifs is 10. The average Bonchev–Trinajstić information content (AvgIpc) is 3.40. The summed E-state index contributed by atoms with van der Waals surface area (Å²) in [5, 5.41) is 5.04. The molecule has 10 nitrogen and oxygen atoms in total. The SMILES string of the molecule is CCOC(=O)C(OC(C)(C)C)c1c(C)nc2cc3nn2c1N1CCC(C)(CC1)OCCCCC(C)Oc1cc(C)ccc1C(C)OC3. The summed E-state index contributed by atoms with van der Waals surface area (Å²) < 4.78 is 33.3. The number of carbonyl (C=O) groups excluding carboxylic acids is 1. The summed E-state index contributed by atoms with van der Waals surface area (Å²) in [6.45, 7) is 20.8. The fourth-order valence-corrected chi connectivity index (χ4v) is 6.48. The van der Waals surface area contributed by atoms with Gasteiger partial charge in [-0.1, -0.05) is 12.1 Å². The van der Waals surface area contributed by atoms with Crippen LogP contribution in [0.2, 0.25) is 0 Å². The van der Waals surface area contributed by atoms with Gasteiger partial charge in [0.2, 0.25) is 0 Å². The van der Waals surface area contributed by atoms with Gasteiger partial charge in [-0.15, -0.1) is 0 Å². The number of hydrogen-bond donors (Lipinski definition) is 0. The predicted octanol–water partition coefficient (Wildman–Crippen LogP) is 7.37. The van der Waals surface area contributed by atoms with Crippen molar-refractivity contribution in [3.05, 3.63) is 52.3 Å². The number of anilines is 1. The minimum Gasteiger partial charge on any atom is -0.490 e. The molecule has 0 N–H and O–H groups in total. The number of hydrogen-bond acceptors (Lipinski definition) is 9. The highest BCUT2D eigenvalue weighted by Gasteiger charge is 2.38. The molecule has 3 aliphatic heterocycles. The van der Waals surface area contributed by atoms with Gasteiger partial charge in [0.05, 0.1) is 47.9 Å². The van der Waals surface area contributed by atoms with E-state index in [0.29, 0.717) is 23.5 Å². The first kappa shape index (κ1) is 35.1. The maximum absolute atomic E-state index is 13.5. The summed E-state index contributed by atoms with van der Waals surface area (Å²) in [7, 11) is 0. The van der Waals surface area contributed by atoms with Crippen LogP contribution in [0.1, 0.15) is 121 Å². The third-order valence-corrected chi connectivity index (χ3v) is 9.08. The lowest BCUT2D eigenvalue weighted by Crippen LogP contribution is -2.46. The zero-order valence-corrected chi connectivity index (χ0v) is 29.9. The van der Waals surface area contributed by atoms with Crippen molar-refractivity contribution >= 4 is 17.4 Å². The normalized spacial score (nSPS) is 23.7. The number of nitrogens with zero attached hydrogens (tertiary/aromatic N) is 4. The molecular weight excluding hydrogens is 596 g/mol. The molecule has 0 aliphatic carbocycles. The number of carbonyl (C=O) groups is 1. The minimum absolute atomic E-state index is 0.0771. The van der Waals surface area contributed by atoms with Crippen molar-refractivity contribution in [3.63, 3.8) is 0 Å². The molecule has 1 fully saturated rings. The van der Waals surface area contributed by atoms with Crippen LogP contribution in [-0.4, -0.2) is 64.2 Å². The molecule has 10 heteroatoms. The molecule has 1 saturated heterocycles. The first-order valence-electron chi connectivity index (χ1n) is 17.3. The molecular formula is C37H54N4O6. The Labute approximate surface area is 280 Å².